The van der Waals surface area contributed by atoms with Gasteiger partial charge in [0.05, 0.1) is 6.10 Å². The van der Waals surface area contributed by atoms with Crippen molar-refractivity contribution in [2.45, 2.75) is 24.7 Å². The molecule has 1 fully saturated rings. The zero-order valence-corrected chi connectivity index (χ0v) is 7.15. The lowest BCUT2D eigenvalue weighted by Gasteiger charge is -2.08. The third kappa shape index (κ3) is 1.62. The average molecular weight is 185 g/mol. The van der Waals surface area contributed by atoms with E-state index in [1.165, 1.54) is 0 Å². The molecule has 0 N–H and O–H groups in total. The summed E-state index contributed by atoms with van der Waals surface area (Å²) in [4.78, 5) is 0. The van der Waals surface area contributed by atoms with Crippen LogP contribution in [0.5, 0.6) is 0 Å². The zero-order valence-electron chi connectivity index (χ0n) is 5.58. The second-order valence-electron chi connectivity index (χ2n) is 2.38. The highest BCUT2D eigenvalue weighted by Crippen LogP contribution is 2.23. The fourth-order valence-corrected chi connectivity index (χ4v) is 2.70. The predicted molar refractivity (Wildman–Crippen MR) is 38.6 cm³/mol. The van der Waals surface area contributed by atoms with E-state index in [1.54, 1.807) is 6.92 Å². The van der Waals surface area contributed by atoms with Gasteiger partial charge in [-0.25, -0.2) is 8.42 Å². The molecule has 0 aromatic heterocycles. The highest BCUT2D eigenvalue weighted by Gasteiger charge is 2.34. The Bertz CT molecular complexity index is 211. The molecular weight excluding hydrogens is 176 g/mol. The van der Waals surface area contributed by atoms with Gasteiger partial charge in [-0.1, -0.05) is 0 Å². The summed E-state index contributed by atoms with van der Waals surface area (Å²) in [6, 6.07) is 0. The first-order valence-electron chi connectivity index (χ1n) is 3.07. The Morgan fingerprint density at radius 1 is 1.60 bits per heavy atom. The third-order valence-electron chi connectivity index (χ3n) is 1.67. The van der Waals surface area contributed by atoms with E-state index >= 15 is 0 Å². The van der Waals surface area contributed by atoms with Gasteiger partial charge in [0.1, 0.15) is 5.25 Å². The summed E-state index contributed by atoms with van der Waals surface area (Å²) in [5.41, 5.74) is 0. The second-order valence-corrected chi connectivity index (χ2v) is 5.23. The largest absolute Gasteiger partial charge is 0.377 e. The first-order chi connectivity index (χ1) is 4.52. The van der Waals surface area contributed by atoms with Crippen LogP contribution in [0, 0.1) is 0 Å². The highest BCUT2D eigenvalue weighted by atomic mass is 35.7. The van der Waals surface area contributed by atoms with Crippen LogP contribution in [0.15, 0.2) is 0 Å². The van der Waals surface area contributed by atoms with Crippen molar-refractivity contribution in [2.24, 2.45) is 0 Å². The molecule has 5 heteroatoms. The zero-order chi connectivity index (χ0) is 7.78. The number of halogens is 1. The average Bonchev–Trinajstić information content (AvgIpc) is 2.11. The molecule has 0 aromatic carbocycles. The summed E-state index contributed by atoms with van der Waals surface area (Å²) in [5, 5.41) is -0.505. The van der Waals surface area contributed by atoms with Crippen molar-refractivity contribution >= 4 is 19.7 Å². The highest BCUT2D eigenvalue weighted by molar-refractivity contribution is 8.14. The molecule has 0 spiro atoms. The quantitative estimate of drug-likeness (QED) is 0.565. The predicted octanol–water partition coefficient (Wildman–Crippen LogP) is 0.732. The number of ether oxygens (including phenoxy) is 1. The normalized spacial score (nSPS) is 34.6. The van der Waals surface area contributed by atoms with Crippen LogP contribution in [0.25, 0.3) is 0 Å². The van der Waals surface area contributed by atoms with Crippen molar-refractivity contribution in [1.29, 1.82) is 0 Å². The molecule has 1 rings (SSSR count). The molecule has 2 unspecified atom stereocenters. The lowest BCUT2D eigenvalue weighted by atomic mass is 10.3. The van der Waals surface area contributed by atoms with Crippen molar-refractivity contribution < 1.29 is 13.2 Å². The van der Waals surface area contributed by atoms with E-state index < -0.39 is 14.3 Å². The van der Waals surface area contributed by atoms with Crippen molar-refractivity contribution in [3.63, 3.8) is 0 Å². The molecule has 3 nitrogen and oxygen atoms in total. The van der Waals surface area contributed by atoms with Crippen molar-refractivity contribution in [3.05, 3.63) is 0 Å². The second kappa shape index (κ2) is 2.68. The van der Waals surface area contributed by atoms with Gasteiger partial charge in [0.2, 0.25) is 9.05 Å². The Kier molecular flexibility index (Phi) is 2.22. The summed E-state index contributed by atoms with van der Waals surface area (Å²) in [7, 11) is 1.72. The molecule has 10 heavy (non-hydrogen) atoms. The summed E-state index contributed by atoms with van der Waals surface area (Å²) >= 11 is 0. The van der Waals surface area contributed by atoms with Gasteiger partial charge in [0, 0.05) is 17.3 Å². The Labute approximate surface area is 64.7 Å². The molecule has 0 saturated carbocycles. The molecule has 0 aliphatic carbocycles. The van der Waals surface area contributed by atoms with Crippen LogP contribution in [0.1, 0.15) is 13.3 Å². The number of hydrogen-bond donors (Lipinski definition) is 0. The van der Waals surface area contributed by atoms with Crippen LogP contribution >= 0.6 is 10.7 Å². The van der Waals surface area contributed by atoms with Gasteiger partial charge in [-0.2, -0.15) is 0 Å². The van der Waals surface area contributed by atoms with Gasteiger partial charge >= 0.3 is 0 Å². The van der Waals surface area contributed by atoms with E-state index in [2.05, 4.69) is 0 Å². The van der Waals surface area contributed by atoms with Crippen molar-refractivity contribution in [1.82, 2.24) is 0 Å². The van der Waals surface area contributed by atoms with E-state index in [0.29, 0.717) is 13.0 Å². The van der Waals surface area contributed by atoms with Gasteiger partial charge in [-0.05, 0) is 13.3 Å². The Morgan fingerprint density at radius 2 is 2.20 bits per heavy atom. The standard InChI is InChI=1S/C5H9ClO3S/c1-4-5(2-3-9-4)10(6,7)8/h4-5H,2-3H2,1H3. The van der Waals surface area contributed by atoms with Crippen molar-refractivity contribution in [2.75, 3.05) is 6.61 Å². The monoisotopic (exact) mass is 184 g/mol. The first-order valence-corrected chi connectivity index (χ1v) is 5.44. The van der Waals surface area contributed by atoms with Crippen LogP contribution in [0.4, 0.5) is 0 Å². The number of hydrogen-bond acceptors (Lipinski definition) is 3. The molecule has 0 radical (unpaired) electrons. The third-order valence-corrected chi connectivity index (χ3v) is 3.70. The Morgan fingerprint density at radius 3 is 2.40 bits per heavy atom. The fraction of sp³-hybridized carbons (Fsp3) is 1.00. The summed E-state index contributed by atoms with van der Waals surface area (Å²) in [6.45, 7) is 2.22. The fourth-order valence-electron chi connectivity index (χ4n) is 1.08. The van der Waals surface area contributed by atoms with E-state index in [1.807, 2.05) is 0 Å². The molecule has 2 atom stereocenters. The Balaban J connectivity index is 2.74. The minimum atomic E-state index is -3.40. The topological polar surface area (TPSA) is 43.4 Å². The van der Waals surface area contributed by atoms with E-state index in [4.69, 9.17) is 15.4 Å². The summed E-state index contributed by atoms with van der Waals surface area (Å²) < 4.78 is 26.5. The van der Waals surface area contributed by atoms with Gasteiger partial charge in [0.25, 0.3) is 0 Å². The van der Waals surface area contributed by atoms with E-state index in [-0.39, 0.29) is 6.10 Å². The molecule has 60 valence electrons. The van der Waals surface area contributed by atoms with Crippen LogP contribution in [0.2, 0.25) is 0 Å². The molecule has 1 aliphatic rings. The van der Waals surface area contributed by atoms with Crippen LogP contribution in [-0.4, -0.2) is 26.4 Å². The summed E-state index contributed by atoms with van der Waals surface area (Å²) in [5.74, 6) is 0. The molecule has 0 bridgehead atoms. The first kappa shape index (κ1) is 8.30. The summed E-state index contributed by atoms with van der Waals surface area (Å²) in [6.07, 6.45) is 0.273. The van der Waals surface area contributed by atoms with Crippen molar-refractivity contribution in [3.8, 4) is 0 Å². The van der Waals surface area contributed by atoms with Gasteiger partial charge in [-0.3, -0.25) is 0 Å². The maximum Gasteiger partial charge on any atom is 0.238 e. The molecular formula is C5H9ClO3S. The molecule has 1 aliphatic heterocycles. The smallest absolute Gasteiger partial charge is 0.238 e. The maximum absolute atomic E-state index is 10.7. The maximum atomic E-state index is 10.7. The van der Waals surface area contributed by atoms with Gasteiger partial charge in [0.15, 0.2) is 0 Å². The van der Waals surface area contributed by atoms with Gasteiger partial charge in [-0.15, -0.1) is 0 Å². The van der Waals surface area contributed by atoms with Crippen LogP contribution < -0.4 is 0 Å². The van der Waals surface area contributed by atoms with E-state index in [0.717, 1.165) is 0 Å². The lowest BCUT2D eigenvalue weighted by Crippen LogP contribution is -2.23. The van der Waals surface area contributed by atoms with E-state index in [9.17, 15) is 8.42 Å². The molecule has 0 aromatic rings. The SMILES string of the molecule is CC1OCCC1S(=O)(=O)Cl. The molecule has 1 saturated heterocycles. The Hall–Kier alpha value is 0.200. The lowest BCUT2D eigenvalue weighted by molar-refractivity contribution is 0.126. The number of rotatable bonds is 1. The molecule has 1 heterocycles. The van der Waals surface area contributed by atoms with Gasteiger partial charge < -0.3 is 4.74 Å². The minimum Gasteiger partial charge on any atom is -0.377 e. The molecule has 0 amide bonds. The van der Waals surface area contributed by atoms with Crippen LogP contribution in [-0.2, 0) is 13.8 Å². The van der Waals surface area contributed by atoms with Crippen LogP contribution in [0.3, 0.4) is 0 Å². The minimum absolute atomic E-state index is 0.248.